The Balaban J connectivity index is 1.49. The van der Waals surface area contributed by atoms with Crippen LogP contribution in [0.4, 0.5) is 0 Å². The van der Waals surface area contributed by atoms with Gasteiger partial charge >= 0.3 is 0 Å². The van der Waals surface area contributed by atoms with Crippen LogP contribution in [0.2, 0.25) is 0 Å². The van der Waals surface area contributed by atoms with Crippen LogP contribution in [0.5, 0.6) is 5.75 Å². The van der Waals surface area contributed by atoms with E-state index in [0.717, 1.165) is 51.3 Å². The van der Waals surface area contributed by atoms with Crippen molar-refractivity contribution in [2.24, 2.45) is 0 Å². The first-order valence-corrected chi connectivity index (χ1v) is 9.39. The molecule has 0 atom stereocenters. The van der Waals surface area contributed by atoms with E-state index in [1.807, 2.05) is 41.6 Å². The van der Waals surface area contributed by atoms with Crippen molar-refractivity contribution in [1.82, 2.24) is 14.8 Å². The zero-order valence-electron chi connectivity index (χ0n) is 15.4. The van der Waals surface area contributed by atoms with Crippen molar-refractivity contribution in [3.8, 4) is 5.75 Å². The first kappa shape index (κ1) is 18.4. The van der Waals surface area contributed by atoms with E-state index < -0.39 is 0 Å². The van der Waals surface area contributed by atoms with Gasteiger partial charge in [0.25, 0.3) is 5.91 Å². The molecule has 5 nitrogen and oxygen atoms in total. The summed E-state index contributed by atoms with van der Waals surface area (Å²) in [6, 6.07) is 11.7. The van der Waals surface area contributed by atoms with Gasteiger partial charge in [0.2, 0.25) is 0 Å². The number of carbonyl (C=O) groups excluding carboxylic acids is 1. The molecule has 1 saturated heterocycles. The number of piperazine rings is 1. The van der Waals surface area contributed by atoms with Crippen molar-refractivity contribution >= 4 is 5.91 Å². The lowest BCUT2D eigenvalue weighted by molar-refractivity contribution is 0.0638. The molecule has 0 unspecified atom stereocenters. The van der Waals surface area contributed by atoms with Crippen molar-refractivity contribution in [3.63, 3.8) is 0 Å². The average molecular weight is 353 g/mol. The lowest BCUT2D eigenvalue weighted by Crippen LogP contribution is -2.49. The van der Waals surface area contributed by atoms with Crippen LogP contribution >= 0.6 is 0 Å². The van der Waals surface area contributed by atoms with Crippen molar-refractivity contribution in [2.75, 3.05) is 39.3 Å². The van der Waals surface area contributed by atoms with Crippen LogP contribution in [0.1, 0.15) is 29.3 Å². The number of amides is 1. The Labute approximate surface area is 155 Å². The number of benzene rings is 1. The number of rotatable bonds is 7. The van der Waals surface area contributed by atoms with Crippen molar-refractivity contribution in [3.05, 3.63) is 59.9 Å². The summed E-state index contributed by atoms with van der Waals surface area (Å²) in [5.74, 6) is 0.870. The van der Waals surface area contributed by atoms with E-state index in [1.54, 1.807) is 0 Å². The van der Waals surface area contributed by atoms with Crippen molar-refractivity contribution in [1.29, 1.82) is 0 Å². The fourth-order valence-electron chi connectivity index (χ4n) is 3.13. The van der Waals surface area contributed by atoms with E-state index >= 15 is 0 Å². The molecule has 5 heteroatoms. The second-order valence-corrected chi connectivity index (χ2v) is 6.62. The monoisotopic (exact) mass is 353 g/mol. The Hall–Kier alpha value is -2.40. The van der Waals surface area contributed by atoms with E-state index in [2.05, 4.69) is 28.9 Å². The lowest BCUT2D eigenvalue weighted by atomic mass is 10.1. The summed E-state index contributed by atoms with van der Waals surface area (Å²) >= 11 is 0. The molecule has 1 aliphatic rings. The molecule has 0 radical (unpaired) electrons. The normalized spacial score (nSPS) is 15.0. The van der Waals surface area contributed by atoms with Crippen molar-refractivity contribution in [2.45, 2.75) is 19.8 Å². The van der Waals surface area contributed by atoms with E-state index in [9.17, 15) is 4.79 Å². The third-order valence-corrected chi connectivity index (χ3v) is 4.68. The predicted octanol–water partition coefficient (Wildman–Crippen LogP) is 2.87. The van der Waals surface area contributed by atoms with Gasteiger partial charge in [-0.05, 0) is 48.7 Å². The second-order valence-electron chi connectivity index (χ2n) is 6.62. The van der Waals surface area contributed by atoms with Crippen molar-refractivity contribution < 1.29 is 9.53 Å². The minimum atomic E-state index is 0.0979. The smallest absolute Gasteiger partial charge is 0.254 e. The molecule has 2 aromatic rings. The van der Waals surface area contributed by atoms with Crippen LogP contribution < -0.4 is 4.74 Å². The van der Waals surface area contributed by atoms with Gasteiger partial charge in [-0.1, -0.05) is 13.0 Å². The van der Waals surface area contributed by atoms with Gasteiger partial charge in [0.1, 0.15) is 5.75 Å². The number of pyridine rings is 1. The van der Waals surface area contributed by atoms with Crippen LogP contribution in [0.15, 0.2) is 48.8 Å². The third-order valence-electron chi connectivity index (χ3n) is 4.68. The van der Waals surface area contributed by atoms with Crippen LogP contribution in [0, 0.1) is 0 Å². The van der Waals surface area contributed by atoms with Crippen LogP contribution in [-0.2, 0) is 6.42 Å². The van der Waals surface area contributed by atoms with E-state index in [4.69, 9.17) is 4.74 Å². The van der Waals surface area contributed by atoms with Gasteiger partial charge in [0.15, 0.2) is 0 Å². The Morgan fingerprint density at radius 1 is 1.12 bits per heavy atom. The van der Waals surface area contributed by atoms with E-state index in [-0.39, 0.29) is 5.91 Å². The van der Waals surface area contributed by atoms with E-state index in [1.165, 1.54) is 5.56 Å². The highest BCUT2D eigenvalue weighted by atomic mass is 16.5. The topological polar surface area (TPSA) is 45.7 Å². The molecular formula is C21H27N3O2. The molecule has 138 valence electrons. The highest BCUT2D eigenvalue weighted by Crippen LogP contribution is 2.16. The first-order valence-electron chi connectivity index (χ1n) is 9.39. The van der Waals surface area contributed by atoms with Gasteiger partial charge in [-0.15, -0.1) is 0 Å². The Bertz CT molecular complexity index is 697. The molecule has 0 aliphatic carbocycles. The van der Waals surface area contributed by atoms with E-state index in [0.29, 0.717) is 12.2 Å². The minimum absolute atomic E-state index is 0.0979. The SMILES string of the molecule is CCCOc1cccc(C(=O)N2CCN(CCc3ccncc3)CC2)c1. The quantitative estimate of drug-likeness (QED) is 0.768. The molecule has 2 heterocycles. The number of aromatic nitrogens is 1. The summed E-state index contributed by atoms with van der Waals surface area (Å²) in [7, 11) is 0. The standard InChI is InChI=1S/C21H27N3O2/c1-2-16-26-20-5-3-4-19(17-20)21(25)24-14-12-23(13-15-24)11-8-18-6-9-22-10-7-18/h3-7,9-10,17H,2,8,11-16H2,1H3. The minimum Gasteiger partial charge on any atom is -0.494 e. The number of carbonyl (C=O) groups is 1. The number of nitrogens with zero attached hydrogens (tertiary/aromatic N) is 3. The summed E-state index contributed by atoms with van der Waals surface area (Å²) in [5, 5.41) is 0. The van der Waals surface area contributed by atoms with Gasteiger partial charge in [-0.3, -0.25) is 14.7 Å². The maximum atomic E-state index is 12.8. The molecule has 0 bridgehead atoms. The Morgan fingerprint density at radius 2 is 1.88 bits per heavy atom. The van der Waals surface area contributed by atoms with Gasteiger partial charge in [-0.2, -0.15) is 0 Å². The zero-order chi connectivity index (χ0) is 18.2. The fourth-order valence-corrected chi connectivity index (χ4v) is 3.13. The molecule has 1 amide bonds. The molecule has 1 aromatic heterocycles. The molecule has 0 N–H and O–H groups in total. The van der Waals surface area contributed by atoms with Crippen LogP contribution in [-0.4, -0.2) is 60.0 Å². The summed E-state index contributed by atoms with van der Waals surface area (Å²) < 4.78 is 5.64. The summed E-state index contributed by atoms with van der Waals surface area (Å²) in [6.07, 6.45) is 5.65. The Morgan fingerprint density at radius 3 is 2.62 bits per heavy atom. The molecule has 0 spiro atoms. The van der Waals surface area contributed by atoms with Crippen LogP contribution in [0.3, 0.4) is 0 Å². The molecule has 1 aliphatic heterocycles. The largest absolute Gasteiger partial charge is 0.494 e. The average Bonchev–Trinajstić information content (AvgIpc) is 2.71. The maximum Gasteiger partial charge on any atom is 0.254 e. The summed E-state index contributed by atoms with van der Waals surface area (Å²) in [5.41, 5.74) is 2.02. The number of hydrogen-bond donors (Lipinski definition) is 0. The molecule has 0 saturated carbocycles. The Kier molecular flexibility index (Phi) is 6.61. The fraction of sp³-hybridized carbons (Fsp3) is 0.429. The number of hydrogen-bond acceptors (Lipinski definition) is 4. The molecule has 1 fully saturated rings. The highest BCUT2D eigenvalue weighted by molar-refractivity contribution is 5.94. The predicted molar refractivity (Wildman–Crippen MR) is 103 cm³/mol. The van der Waals surface area contributed by atoms with Gasteiger partial charge in [-0.25, -0.2) is 0 Å². The van der Waals surface area contributed by atoms with Gasteiger partial charge in [0, 0.05) is 50.7 Å². The molecule has 26 heavy (non-hydrogen) atoms. The maximum absolute atomic E-state index is 12.8. The second kappa shape index (κ2) is 9.34. The third kappa shape index (κ3) is 5.05. The molecule has 3 rings (SSSR count). The van der Waals surface area contributed by atoms with Gasteiger partial charge in [0.05, 0.1) is 6.61 Å². The first-order chi connectivity index (χ1) is 12.8. The molecular weight excluding hydrogens is 326 g/mol. The highest BCUT2D eigenvalue weighted by Gasteiger charge is 2.22. The van der Waals surface area contributed by atoms with Gasteiger partial charge < -0.3 is 9.64 Å². The zero-order valence-corrected chi connectivity index (χ0v) is 15.4. The summed E-state index contributed by atoms with van der Waals surface area (Å²) in [4.78, 5) is 21.2. The molecule has 1 aromatic carbocycles. The summed E-state index contributed by atoms with van der Waals surface area (Å²) in [6.45, 7) is 7.15. The lowest BCUT2D eigenvalue weighted by Gasteiger charge is -2.34. The number of ether oxygens (including phenoxy) is 1. The van der Waals surface area contributed by atoms with Crippen LogP contribution in [0.25, 0.3) is 0 Å².